The van der Waals surface area contributed by atoms with Crippen LogP contribution < -0.4 is 4.90 Å². The molecule has 2 rings (SSSR count). The van der Waals surface area contributed by atoms with Gasteiger partial charge < -0.3 is 19.1 Å². The molecule has 0 radical (unpaired) electrons. The Hall–Kier alpha value is -1.32. The Bertz CT molecular complexity index is 646. The summed E-state index contributed by atoms with van der Waals surface area (Å²) in [4.78, 5) is 25.5. The van der Waals surface area contributed by atoms with Crippen LogP contribution in [0, 0.1) is 3.57 Å². The molecular weight excluding hydrogens is 425 g/mol. The second-order valence-corrected chi connectivity index (χ2v) is 5.88. The molecule has 1 aliphatic rings. The highest BCUT2D eigenvalue weighted by Gasteiger charge is 2.32. The molecule has 1 aromatic carbocycles. The quantitative estimate of drug-likeness (QED) is 0.534. The van der Waals surface area contributed by atoms with Crippen LogP contribution in [0.3, 0.4) is 0 Å². The predicted octanol–water partition coefficient (Wildman–Crippen LogP) is 2.34. The van der Waals surface area contributed by atoms with Gasteiger partial charge in [0.1, 0.15) is 12.4 Å². The van der Waals surface area contributed by atoms with Crippen LogP contribution in [0.5, 0.6) is 0 Å². The van der Waals surface area contributed by atoms with Crippen molar-refractivity contribution < 1.29 is 23.8 Å². The van der Waals surface area contributed by atoms with Crippen molar-refractivity contribution in [3.05, 3.63) is 38.1 Å². The van der Waals surface area contributed by atoms with Crippen molar-refractivity contribution in [2.75, 3.05) is 32.5 Å². The molecule has 0 atom stereocenters. The number of methoxy groups -OCH3 is 2. The average Bonchev–Trinajstić information content (AvgIpc) is 2.55. The Morgan fingerprint density at radius 2 is 1.95 bits per heavy atom. The molecule has 1 aromatic rings. The summed E-state index contributed by atoms with van der Waals surface area (Å²) in [6, 6.07) is 5.27. The topological polar surface area (TPSA) is 65.1 Å². The molecule has 22 heavy (non-hydrogen) atoms. The number of rotatable bonds is 3. The number of ether oxygens (including phenoxy) is 3. The number of nitrogens with zero attached hydrogens (tertiary/aromatic N) is 1. The van der Waals surface area contributed by atoms with Gasteiger partial charge in [-0.3, -0.25) is 0 Å². The fourth-order valence-electron chi connectivity index (χ4n) is 2.00. The lowest BCUT2D eigenvalue weighted by Gasteiger charge is -2.31. The van der Waals surface area contributed by atoms with Gasteiger partial charge in [-0.05, 0) is 40.8 Å². The van der Waals surface area contributed by atoms with Gasteiger partial charge >= 0.3 is 11.9 Å². The molecule has 8 heteroatoms. The standard InChI is InChI=1S/C14H13ClINO5/c1-20-13(18)9-6-22-7-17(12(9)14(19)21-2)8-3-4-11(16)10(15)5-8/h3-5H,6-7H2,1-2H3. The Balaban J connectivity index is 2.54. The summed E-state index contributed by atoms with van der Waals surface area (Å²) in [5.41, 5.74) is 0.820. The zero-order chi connectivity index (χ0) is 16.3. The van der Waals surface area contributed by atoms with Gasteiger partial charge in [0, 0.05) is 9.26 Å². The molecule has 0 aromatic heterocycles. The summed E-state index contributed by atoms with van der Waals surface area (Å²) < 4.78 is 15.7. The summed E-state index contributed by atoms with van der Waals surface area (Å²) in [5.74, 6) is -1.28. The van der Waals surface area contributed by atoms with Crippen molar-refractivity contribution in [1.29, 1.82) is 0 Å². The molecule has 0 spiro atoms. The van der Waals surface area contributed by atoms with E-state index in [1.165, 1.54) is 19.1 Å². The van der Waals surface area contributed by atoms with Crippen molar-refractivity contribution in [2.24, 2.45) is 0 Å². The molecule has 0 saturated heterocycles. The van der Waals surface area contributed by atoms with Gasteiger partial charge in [-0.1, -0.05) is 11.6 Å². The predicted molar refractivity (Wildman–Crippen MR) is 88.5 cm³/mol. The highest BCUT2D eigenvalue weighted by atomic mass is 127. The maximum absolute atomic E-state index is 12.1. The molecule has 0 N–H and O–H groups in total. The van der Waals surface area contributed by atoms with E-state index in [4.69, 9.17) is 25.8 Å². The van der Waals surface area contributed by atoms with Crippen molar-refractivity contribution >= 4 is 51.8 Å². The second-order valence-electron chi connectivity index (χ2n) is 4.31. The smallest absolute Gasteiger partial charge is 0.355 e. The summed E-state index contributed by atoms with van der Waals surface area (Å²) in [6.45, 7) is 0.0769. The van der Waals surface area contributed by atoms with Gasteiger partial charge in [0.25, 0.3) is 0 Å². The highest BCUT2D eigenvalue weighted by Crippen LogP contribution is 2.30. The highest BCUT2D eigenvalue weighted by molar-refractivity contribution is 14.1. The summed E-state index contributed by atoms with van der Waals surface area (Å²) in [6.07, 6.45) is 0. The largest absolute Gasteiger partial charge is 0.466 e. The van der Waals surface area contributed by atoms with Crippen LogP contribution in [-0.2, 0) is 23.8 Å². The molecule has 1 heterocycles. The molecule has 0 bridgehead atoms. The average molecular weight is 438 g/mol. The Morgan fingerprint density at radius 3 is 2.55 bits per heavy atom. The first-order valence-electron chi connectivity index (χ1n) is 6.19. The minimum absolute atomic E-state index is 0.0221. The summed E-state index contributed by atoms with van der Waals surface area (Å²) in [5, 5.41) is 0.535. The van der Waals surface area contributed by atoms with E-state index in [9.17, 15) is 9.59 Å². The van der Waals surface area contributed by atoms with Crippen LogP contribution in [0.25, 0.3) is 0 Å². The number of hydrogen-bond acceptors (Lipinski definition) is 6. The Kier molecular flexibility index (Phi) is 5.65. The maximum Gasteiger partial charge on any atom is 0.355 e. The van der Waals surface area contributed by atoms with Crippen LogP contribution >= 0.6 is 34.2 Å². The van der Waals surface area contributed by atoms with Crippen LogP contribution in [0.1, 0.15) is 0 Å². The van der Waals surface area contributed by atoms with Crippen LogP contribution in [0.4, 0.5) is 5.69 Å². The number of hydrogen-bond donors (Lipinski definition) is 0. The van der Waals surface area contributed by atoms with Gasteiger partial charge in [0.2, 0.25) is 0 Å². The van der Waals surface area contributed by atoms with Crippen LogP contribution in [0.15, 0.2) is 29.5 Å². The van der Waals surface area contributed by atoms with E-state index in [-0.39, 0.29) is 24.6 Å². The van der Waals surface area contributed by atoms with Crippen molar-refractivity contribution in [3.8, 4) is 0 Å². The molecule has 1 aliphatic heterocycles. The molecule has 0 amide bonds. The van der Waals surface area contributed by atoms with E-state index in [2.05, 4.69) is 22.6 Å². The van der Waals surface area contributed by atoms with E-state index in [0.717, 1.165) is 3.57 Å². The zero-order valence-corrected chi connectivity index (χ0v) is 14.8. The van der Waals surface area contributed by atoms with E-state index >= 15 is 0 Å². The first kappa shape index (κ1) is 17.0. The lowest BCUT2D eigenvalue weighted by molar-refractivity contribution is -0.140. The number of halogens is 2. The normalized spacial score (nSPS) is 14.8. The van der Waals surface area contributed by atoms with Gasteiger partial charge in [0.05, 0.1) is 31.4 Å². The summed E-state index contributed by atoms with van der Waals surface area (Å²) >= 11 is 8.22. The minimum Gasteiger partial charge on any atom is -0.466 e. The van der Waals surface area contributed by atoms with Crippen molar-refractivity contribution in [1.82, 2.24) is 0 Å². The van der Waals surface area contributed by atoms with Gasteiger partial charge in [-0.2, -0.15) is 0 Å². The van der Waals surface area contributed by atoms with E-state index in [1.807, 2.05) is 0 Å². The molecule has 118 valence electrons. The van der Waals surface area contributed by atoms with E-state index in [1.54, 1.807) is 18.2 Å². The van der Waals surface area contributed by atoms with Crippen molar-refractivity contribution in [2.45, 2.75) is 0 Å². The number of carbonyl (C=O) groups excluding carboxylic acids is 2. The lowest BCUT2D eigenvalue weighted by atomic mass is 10.1. The first-order valence-corrected chi connectivity index (χ1v) is 7.65. The van der Waals surface area contributed by atoms with Gasteiger partial charge in [-0.25, -0.2) is 9.59 Å². The van der Waals surface area contributed by atoms with Crippen LogP contribution in [-0.4, -0.2) is 39.5 Å². The van der Waals surface area contributed by atoms with Gasteiger partial charge in [-0.15, -0.1) is 0 Å². The third kappa shape index (κ3) is 3.36. The summed E-state index contributed by atoms with van der Waals surface area (Å²) in [7, 11) is 2.49. The number of esters is 2. The SMILES string of the molecule is COC(=O)C1=C(C(=O)OC)N(c2ccc(I)c(Cl)c2)COC1. The molecule has 0 aliphatic carbocycles. The minimum atomic E-state index is -0.640. The molecule has 0 fully saturated rings. The zero-order valence-electron chi connectivity index (χ0n) is 11.9. The fraction of sp³-hybridized carbons (Fsp3) is 0.286. The van der Waals surface area contributed by atoms with E-state index in [0.29, 0.717) is 10.7 Å². The number of carbonyl (C=O) groups is 2. The Labute approximate surface area is 146 Å². The third-order valence-corrected chi connectivity index (χ3v) is 4.62. The maximum atomic E-state index is 12.1. The molecule has 0 unspecified atom stereocenters. The monoisotopic (exact) mass is 437 g/mol. The fourth-order valence-corrected chi connectivity index (χ4v) is 2.51. The van der Waals surface area contributed by atoms with Crippen molar-refractivity contribution in [3.63, 3.8) is 0 Å². The molecule has 0 saturated carbocycles. The third-order valence-electron chi connectivity index (χ3n) is 3.05. The molecule has 6 nitrogen and oxygen atoms in total. The second kappa shape index (κ2) is 7.30. The molecular formula is C14H13ClINO5. The van der Waals surface area contributed by atoms with E-state index < -0.39 is 11.9 Å². The number of benzene rings is 1. The van der Waals surface area contributed by atoms with Gasteiger partial charge in [0.15, 0.2) is 0 Å². The Morgan fingerprint density at radius 1 is 1.27 bits per heavy atom. The number of anilines is 1. The lowest BCUT2D eigenvalue weighted by Crippen LogP contribution is -2.38. The first-order chi connectivity index (χ1) is 10.5. The van der Waals surface area contributed by atoms with Crippen LogP contribution in [0.2, 0.25) is 5.02 Å².